The quantitative estimate of drug-likeness (QED) is 0.342. The van der Waals surface area contributed by atoms with Gasteiger partial charge >= 0.3 is 10.2 Å². The highest BCUT2D eigenvalue weighted by atomic mass is 35.5. The minimum Gasteiger partial charge on any atom is -0.352 e. The smallest absolute Gasteiger partial charge is 0.304 e. The summed E-state index contributed by atoms with van der Waals surface area (Å²) in [6.45, 7) is 3.06. The molecule has 11 heteroatoms. The van der Waals surface area contributed by atoms with Gasteiger partial charge in [-0.2, -0.15) is 12.7 Å². The number of carbonyl (C=O) groups excluding carboxylic acids is 2. The number of halogens is 2. The largest absolute Gasteiger partial charge is 0.352 e. The van der Waals surface area contributed by atoms with Crippen LogP contribution < -0.4 is 9.62 Å². The van der Waals surface area contributed by atoms with Crippen LogP contribution in [0.5, 0.6) is 0 Å². The molecule has 1 atom stereocenters. The van der Waals surface area contributed by atoms with Crippen LogP contribution in [0.25, 0.3) is 0 Å². The van der Waals surface area contributed by atoms with Gasteiger partial charge in [0.2, 0.25) is 11.8 Å². The van der Waals surface area contributed by atoms with Crippen molar-refractivity contribution in [3.05, 3.63) is 101 Å². The van der Waals surface area contributed by atoms with Gasteiger partial charge in [-0.05, 0) is 61.4 Å². The van der Waals surface area contributed by atoms with Crippen LogP contribution in [-0.4, -0.2) is 62.2 Å². The number of hydrogen-bond acceptors (Lipinski definition) is 4. The second-order valence-electron chi connectivity index (χ2n) is 9.79. The van der Waals surface area contributed by atoms with Crippen LogP contribution in [0.4, 0.5) is 10.1 Å². The number of amides is 2. The van der Waals surface area contributed by atoms with Crippen LogP contribution in [-0.2, 0) is 32.8 Å². The average Bonchev–Trinajstić information content (AvgIpc) is 2.90. The molecule has 0 aliphatic carbocycles. The van der Waals surface area contributed by atoms with Gasteiger partial charge in [0.25, 0.3) is 0 Å². The van der Waals surface area contributed by atoms with Crippen molar-refractivity contribution < 1.29 is 22.4 Å². The lowest BCUT2D eigenvalue weighted by molar-refractivity contribution is -0.140. The average molecular weight is 589 g/mol. The molecular weight excluding hydrogens is 555 g/mol. The highest BCUT2D eigenvalue weighted by Gasteiger charge is 2.34. The predicted octanol–water partition coefficient (Wildman–Crippen LogP) is 4.26. The zero-order chi connectivity index (χ0) is 29.4. The van der Waals surface area contributed by atoms with Crippen LogP contribution in [0, 0.1) is 5.82 Å². The maximum absolute atomic E-state index is 14.1. The third-order valence-electron chi connectivity index (χ3n) is 6.10. The molecular formula is C29H34ClFN4O4S. The first-order valence-corrected chi connectivity index (χ1v) is 14.5. The van der Waals surface area contributed by atoms with Crippen molar-refractivity contribution in [2.45, 2.75) is 38.9 Å². The van der Waals surface area contributed by atoms with Crippen LogP contribution in [0.2, 0.25) is 5.02 Å². The van der Waals surface area contributed by atoms with E-state index in [9.17, 15) is 22.4 Å². The lowest BCUT2D eigenvalue weighted by Crippen LogP contribution is -2.55. The van der Waals surface area contributed by atoms with Gasteiger partial charge in [0.15, 0.2) is 0 Å². The van der Waals surface area contributed by atoms with E-state index in [1.165, 1.54) is 31.1 Å². The molecule has 2 amide bonds. The van der Waals surface area contributed by atoms with Gasteiger partial charge in [0, 0.05) is 38.1 Å². The van der Waals surface area contributed by atoms with E-state index >= 15 is 0 Å². The minimum atomic E-state index is -4.16. The maximum atomic E-state index is 14.1. The highest BCUT2D eigenvalue weighted by Crippen LogP contribution is 2.22. The zero-order valence-corrected chi connectivity index (χ0v) is 24.5. The second-order valence-corrected chi connectivity index (χ2v) is 12.3. The Bertz CT molecular complexity index is 1390. The Hall–Kier alpha value is -3.47. The fraction of sp³-hybridized carbons (Fsp3) is 0.310. The Kier molecular flexibility index (Phi) is 10.7. The standard InChI is InChI=1S/C29H34ClFN4O4S/c1-21(2)32-29(37)27(18-22-8-6-5-7-9-22)34(19-23-10-12-24(30)13-11-23)28(36)20-35(40(38,39)33(3)4)26-16-14-25(31)15-17-26/h5-17,21,27H,18-20H2,1-4H3,(H,32,37)/t27-/m1/s1. The van der Waals surface area contributed by atoms with Crippen molar-refractivity contribution in [1.82, 2.24) is 14.5 Å². The molecule has 0 aliphatic heterocycles. The third kappa shape index (κ3) is 8.27. The summed E-state index contributed by atoms with van der Waals surface area (Å²) >= 11 is 6.07. The van der Waals surface area contributed by atoms with Crippen LogP contribution in [0.3, 0.4) is 0 Å². The molecule has 0 saturated heterocycles. The van der Waals surface area contributed by atoms with E-state index in [-0.39, 0.29) is 30.6 Å². The first kappa shape index (κ1) is 31.1. The molecule has 0 unspecified atom stereocenters. The van der Waals surface area contributed by atoms with Gasteiger partial charge in [-0.15, -0.1) is 0 Å². The number of nitrogens with one attached hydrogen (secondary N) is 1. The number of hydrogen-bond donors (Lipinski definition) is 1. The van der Waals surface area contributed by atoms with E-state index in [0.717, 1.165) is 26.3 Å². The summed E-state index contributed by atoms with van der Waals surface area (Å²) in [7, 11) is -1.47. The molecule has 40 heavy (non-hydrogen) atoms. The van der Waals surface area contributed by atoms with Crippen molar-refractivity contribution in [3.63, 3.8) is 0 Å². The van der Waals surface area contributed by atoms with E-state index in [2.05, 4.69) is 5.32 Å². The molecule has 8 nitrogen and oxygen atoms in total. The molecule has 0 fully saturated rings. The summed E-state index contributed by atoms with van der Waals surface area (Å²) in [6.07, 6.45) is 0.204. The van der Waals surface area contributed by atoms with E-state index in [0.29, 0.717) is 10.6 Å². The third-order valence-corrected chi connectivity index (χ3v) is 8.17. The van der Waals surface area contributed by atoms with Crippen molar-refractivity contribution >= 4 is 39.3 Å². The topological polar surface area (TPSA) is 90.0 Å². The molecule has 0 heterocycles. The molecule has 0 bridgehead atoms. The number of carbonyl (C=O) groups is 2. The van der Waals surface area contributed by atoms with E-state index in [1.54, 1.807) is 24.3 Å². The molecule has 0 spiro atoms. The lowest BCUT2D eigenvalue weighted by atomic mass is 10.0. The van der Waals surface area contributed by atoms with Crippen LogP contribution in [0.1, 0.15) is 25.0 Å². The molecule has 1 N–H and O–H groups in total. The van der Waals surface area contributed by atoms with Crippen molar-refractivity contribution in [1.29, 1.82) is 0 Å². The Labute approximate surface area is 240 Å². The number of nitrogens with zero attached hydrogens (tertiary/aromatic N) is 3. The molecule has 3 aromatic rings. The van der Waals surface area contributed by atoms with Gasteiger partial charge in [-0.3, -0.25) is 9.59 Å². The molecule has 3 aromatic carbocycles. The normalized spacial score (nSPS) is 12.3. The fourth-order valence-corrected chi connectivity index (χ4v) is 5.23. The molecule has 214 valence electrons. The molecule has 0 aromatic heterocycles. The minimum absolute atomic E-state index is 0.0261. The second kappa shape index (κ2) is 13.7. The van der Waals surface area contributed by atoms with E-state index in [1.807, 2.05) is 44.2 Å². The summed E-state index contributed by atoms with van der Waals surface area (Å²) in [5.41, 5.74) is 1.65. The Morgan fingerprint density at radius 3 is 2.05 bits per heavy atom. The Morgan fingerprint density at radius 1 is 0.900 bits per heavy atom. The van der Waals surface area contributed by atoms with E-state index < -0.39 is 34.5 Å². The van der Waals surface area contributed by atoms with Gasteiger partial charge in [0.05, 0.1) is 5.69 Å². The van der Waals surface area contributed by atoms with E-state index in [4.69, 9.17) is 11.6 Å². The van der Waals surface area contributed by atoms with Crippen molar-refractivity contribution in [2.24, 2.45) is 0 Å². The monoisotopic (exact) mass is 588 g/mol. The Balaban J connectivity index is 2.08. The van der Waals surface area contributed by atoms with Crippen LogP contribution in [0.15, 0.2) is 78.9 Å². The maximum Gasteiger partial charge on any atom is 0.304 e. The summed E-state index contributed by atoms with van der Waals surface area (Å²) in [5, 5.41) is 3.41. The predicted molar refractivity (Wildman–Crippen MR) is 156 cm³/mol. The van der Waals surface area contributed by atoms with Crippen LogP contribution >= 0.6 is 11.6 Å². The molecule has 0 radical (unpaired) electrons. The summed E-state index contributed by atoms with van der Waals surface area (Å²) in [4.78, 5) is 29.0. The van der Waals surface area contributed by atoms with Gasteiger partial charge < -0.3 is 10.2 Å². The summed E-state index contributed by atoms with van der Waals surface area (Å²) < 4.78 is 42.2. The molecule has 3 rings (SSSR count). The van der Waals surface area contributed by atoms with Gasteiger partial charge in [-0.1, -0.05) is 54.1 Å². The first-order chi connectivity index (χ1) is 18.9. The molecule has 0 aliphatic rings. The Morgan fingerprint density at radius 2 is 1.50 bits per heavy atom. The summed E-state index contributed by atoms with van der Waals surface area (Å²) in [5.74, 6) is -1.52. The van der Waals surface area contributed by atoms with Crippen molar-refractivity contribution in [2.75, 3.05) is 24.9 Å². The number of benzene rings is 3. The molecule has 0 saturated carbocycles. The SMILES string of the molecule is CC(C)NC(=O)[C@@H](Cc1ccccc1)N(Cc1ccc(Cl)cc1)C(=O)CN(c1ccc(F)cc1)S(=O)(=O)N(C)C. The highest BCUT2D eigenvalue weighted by molar-refractivity contribution is 7.90. The lowest BCUT2D eigenvalue weighted by Gasteiger charge is -2.34. The summed E-state index contributed by atoms with van der Waals surface area (Å²) in [6, 6.07) is 19.8. The zero-order valence-electron chi connectivity index (χ0n) is 22.9. The fourth-order valence-electron chi connectivity index (χ4n) is 4.05. The number of rotatable bonds is 12. The van der Waals surface area contributed by atoms with Gasteiger partial charge in [0.1, 0.15) is 18.4 Å². The van der Waals surface area contributed by atoms with Gasteiger partial charge in [-0.25, -0.2) is 8.70 Å². The first-order valence-electron chi connectivity index (χ1n) is 12.7. The van der Waals surface area contributed by atoms with Crippen molar-refractivity contribution in [3.8, 4) is 0 Å². The number of anilines is 1.